The predicted molar refractivity (Wildman–Crippen MR) is 149 cm³/mol. The van der Waals surface area contributed by atoms with Crippen LogP contribution in [0.2, 0.25) is 0 Å². The van der Waals surface area contributed by atoms with Gasteiger partial charge >= 0.3 is 11.9 Å². The zero-order chi connectivity index (χ0) is 28.9. The number of carboxylic acids is 2. The molecule has 1 rings (SSSR count). The normalized spacial score (nSPS) is 10.8. The molecule has 0 atom stereocenters. The Hall–Kier alpha value is -3.17. The Balaban J connectivity index is 2.32. The van der Waals surface area contributed by atoms with Gasteiger partial charge in [0.25, 0.3) is 11.6 Å². The van der Waals surface area contributed by atoms with Crippen LogP contribution in [0.1, 0.15) is 120 Å². The maximum atomic E-state index is 12.7. The van der Waals surface area contributed by atoms with Crippen LogP contribution < -0.4 is 4.74 Å². The molecule has 1 aromatic rings. The van der Waals surface area contributed by atoms with Gasteiger partial charge < -0.3 is 19.8 Å². The van der Waals surface area contributed by atoms with Crippen molar-refractivity contribution in [2.45, 2.75) is 110 Å². The van der Waals surface area contributed by atoms with Gasteiger partial charge in [-0.1, -0.05) is 103 Å². The van der Waals surface area contributed by atoms with Crippen molar-refractivity contribution in [2.75, 3.05) is 19.7 Å². The van der Waals surface area contributed by atoms with Gasteiger partial charge in [-0.2, -0.15) is 0 Å². The molecular weight excluding hydrogens is 504 g/mol. The molecule has 1 amide bonds. The second-order valence-corrected chi connectivity index (χ2v) is 10.1. The number of benzene rings is 1. The summed E-state index contributed by atoms with van der Waals surface area (Å²) < 4.78 is 5.64. The predicted octanol–water partition coefficient (Wildman–Crippen LogP) is 6.85. The highest BCUT2D eigenvalue weighted by Gasteiger charge is 2.24. The summed E-state index contributed by atoms with van der Waals surface area (Å²) in [4.78, 5) is 46.0. The number of unbranched alkanes of at least 4 members (excludes halogenated alkanes) is 15. The molecule has 220 valence electrons. The molecule has 2 N–H and O–H groups in total. The Bertz CT molecular complexity index is 874. The number of carbonyl (C=O) groups is 3. The summed E-state index contributed by atoms with van der Waals surface area (Å²) in [6.07, 6.45) is 19.9. The van der Waals surface area contributed by atoms with Gasteiger partial charge in [0.15, 0.2) is 0 Å². The summed E-state index contributed by atoms with van der Waals surface area (Å²) in [6, 6.07) is 3.46. The molecule has 0 bridgehead atoms. The average molecular weight is 551 g/mol. The molecule has 0 aliphatic heterocycles. The van der Waals surface area contributed by atoms with Crippen molar-refractivity contribution in [3.05, 3.63) is 33.9 Å². The van der Waals surface area contributed by atoms with E-state index in [0.717, 1.165) is 31.7 Å². The lowest BCUT2D eigenvalue weighted by Gasteiger charge is -2.18. The van der Waals surface area contributed by atoms with Crippen molar-refractivity contribution in [3.8, 4) is 5.75 Å². The number of hydrogen-bond donors (Lipinski definition) is 2. The topological polar surface area (TPSA) is 147 Å². The van der Waals surface area contributed by atoms with Gasteiger partial charge in [0.05, 0.1) is 23.2 Å². The molecule has 0 aromatic heterocycles. The number of nitrogens with zero attached hydrogens (tertiary/aromatic N) is 2. The molecule has 0 radical (unpaired) electrons. The quantitative estimate of drug-likeness (QED) is 0.0807. The van der Waals surface area contributed by atoms with Crippen molar-refractivity contribution < 1.29 is 34.3 Å². The molecular formula is C29H46N2O8. The van der Waals surface area contributed by atoms with Crippen molar-refractivity contribution in [2.24, 2.45) is 0 Å². The summed E-state index contributed by atoms with van der Waals surface area (Å²) in [5, 5.41) is 29.3. The van der Waals surface area contributed by atoms with E-state index >= 15 is 0 Å². The molecule has 0 fully saturated rings. The van der Waals surface area contributed by atoms with E-state index in [1.807, 2.05) is 0 Å². The van der Waals surface area contributed by atoms with E-state index in [-0.39, 0.29) is 11.3 Å². The van der Waals surface area contributed by atoms with Crippen LogP contribution in [0.25, 0.3) is 0 Å². The number of aliphatic carboxylic acids is 2. The van der Waals surface area contributed by atoms with E-state index < -0.39 is 41.5 Å². The molecule has 0 unspecified atom stereocenters. The molecule has 0 saturated heterocycles. The van der Waals surface area contributed by atoms with E-state index in [1.54, 1.807) is 0 Å². The Morgan fingerprint density at radius 1 is 0.744 bits per heavy atom. The van der Waals surface area contributed by atoms with E-state index in [1.165, 1.54) is 89.2 Å². The van der Waals surface area contributed by atoms with Gasteiger partial charge in [0, 0.05) is 6.07 Å². The number of ether oxygens (including phenoxy) is 1. The third-order valence-electron chi connectivity index (χ3n) is 6.56. The third kappa shape index (κ3) is 16.4. The van der Waals surface area contributed by atoms with E-state index in [4.69, 9.17) is 14.9 Å². The first-order valence-electron chi connectivity index (χ1n) is 14.4. The van der Waals surface area contributed by atoms with Crippen LogP contribution >= 0.6 is 0 Å². The minimum absolute atomic E-state index is 0.110. The van der Waals surface area contributed by atoms with Crippen LogP contribution in [0.15, 0.2) is 18.2 Å². The molecule has 0 spiro atoms. The van der Waals surface area contributed by atoms with Crippen LogP contribution in [0.3, 0.4) is 0 Å². The van der Waals surface area contributed by atoms with Crippen molar-refractivity contribution >= 4 is 23.5 Å². The summed E-state index contributed by atoms with van der Waals surface area (Å²) in [7, 11) is 0. The number of amides is 1. The monoisotopic (exact) mass is 550 g/mol. The van der Waals surface area contributed by atoms with Crippen LogP contribution in [0.5, 0.6) is 5.75 Å². The fraction of sp³-hybridized carbons (Fsp3) is 0.690. The number of carbonyl (C=O) groups excluding carboxylic acids is 1. The maximum Gasteiger partial charge on any atom is 0.323 e. The second kappa shape index (κ2) is 20.7. The summed E-state index contributed by atoms with van der Waals surface area (Å²) in [6.45, 7) is 0.879. The lowest BCUT2D eigenvalue weighted by Crippen LogP contribution is -2.39. The van der Waals surface area contributed by atoms with Crippen LogP contribution in [0.4, 0.5) is 5.69 Å². The Morgan fingerprint density at radius 3 is 1.59 bits per heavy atom. The molecule has 39 heavy (non-hydrogen) atoms. The number of non-ortho nitro benzene ring substituents is 1. The Morgan fingerprint density at radius 2 is 1.18 bits per heavy atom. The number of nitro benzene ring substituents is 1. The molecule has 0 saturated carbocycles. The summed E-state index contributed by atoms with van der Waals surface area (Å²) in [5.74, 6) is -3.61. The number of nitro groups is 1. The zero-order valence-electron chi connectivity index (χ0n) is 23.4. The minimum Gasteiger partial charge on any atom is -0.493 e. The lowest BCUT2D eigenvalue weighted by atomic mass is 10.0. The summed E-state index contributed by atoms with van der Waals surface area (Å²) >= 11 is 0. The highest BCUT2D eigenvalue weighted by atomic mass is 16.6. The first-order chi connectivity index (χ1) is 18.7. The van der Waals surface area contributed by atoms with Crippen molar-refractivity contribution in [1.82, 2.24) is 4.90 Å². The van der Waals surface area contributed by atoms with Gasteiger partial charge in [-0.25, -0.2) is 0 Å². The fourth-order valence-corrected chi connectivity index (χ4v) is 4.44. The van der Waals surface area contributed by atoms with Crippen molar-refractivity contribution in [3.63, 3.8) is 0 Å². The van der Waals surface area contributed by atoms with Crippen LogP contribution in [-0.2, 0) is 9.59 Å². The number of carboxylic acid groups (broad SMARTS) is 2. The third-order valence-corrected chi connectivity index (χ3v) is 6.56. The molecule has 0 heterocycles. The molecule has 0 aliphatic carbocycles. The number of hydrogen-bond acceptors (Lipinski definition) is 6. The largest absolute Gasteiger partial charge is 0.493 e. The first kappa shape index (κ1) is 33.9. The Labute approximate surface area is 231 Å². The molecule has 0 aliphatic rings. The maximum absolute atomic E-state index is 12.7. The average Bonchev–Trinajstić information content (AvgIpc) is 2.89. The SMILES string of the molecule is CCCCCCCCCCCCCCCCCCOc1cc(C(=O)N(CC(=O)O)CC(=O)O)cc([N+](=O)[O-])c1. The number of rotatable bonds is 24. The van der Waals surface area contributed by atoms with Crippen LogP contribution in [-0.4, -0.2) is 57.6 Å². The highest BCUT2D eigenvalue weighted by Crippen LogP contribution is 2.24. The smallest absolute Gasteiger partial charge is 0.323 e. The molecule has 1 aromatic carbocycles. The first-order valence-corrected chi connectivity index (χ1v) is 14.4. The highest BCUT2D eigenvalue weighted by molar-refractivity contribution is 5.98. The molecule has 10 heteroatoms. The standard InChI is InChI=1S/C29H46N2O8/c1-2-3-4-5-6-7-8-9-10-11-12-13-14-15-16-17-18-39-26-20-24(19-25(21-26)31(37)38)29(36)30(22-27(32)33)23-28(34)35/h19-21H,2-18,22-23H2,1H3,(H,32,33)(H,34,35). The van der Waals surface area contributed by atoms with Gasteiger partial charge in [-0.15, -0.1) is 0 Å². The van der Waals surface area contributed by atoms with Gasteiger partial charge in [-0.05, 0) is 12.5 Å². The lowest BCUT2D eigenvalue weighted by molar-refractivity contribution is -0.385. The summed E-state index contributed by atoms with van der Waals surface area (Å²) in [5.41, 5.74) is -0.595. The Kier molecular flexibility index (Phi) is 18.0. The van der Waals surface area contributed by atoms with Gasteiger partial charge in [0.2, 0.25) is 0 Å². The van der Waals surface area contributed by atoms with E-state index in [0.29, 0.717) is 11.5 Å². The molecule has 10 nitrogen and oxygen atoms in total. The van der Waals surface area contributed by atoms with Gasteiger partial charge in [0.1, 0.15) is 18.8 Å². The van der Waals surface area contributed by atoms with Gasteiger partial charge in [-0.3, -0.25) is 24.5 Å². The van der Waals surface area contributed by atoms with E-state index in [2.05, 4.69) is 6.92 Å². The van der Waals surface area contributed by atoms with Crippen LogP contribution in [0, 0.1) is 10.1 Å². The minimum atomic E-state index is -1.39. The van der Waals surface area contributed by atoms with E-state index in [9.17, 15) is 24.5 Å². The fourth-order valence-electron chi connectivity index (χ4n) is 4.44. The second-order valence-electron chi connectivity index (χ2n) is 10.1. The zero-order valence-corrected chi connectivity index (χ0v) is 23.4. The van der Waals surface area contributed by atoms with Crippen molar-refractivity contribution in [1.29, 1.82) is 0 Å².